The number of pyridine rings is 1. The number of imidazole rings is 1. The van der Waals surface area contributed by atoms with E-state index in [0.717, 1.165) is 35.4 Å². The highest BCUT2D eigenvalue weighted by Gasteiger charge is 2.19. The predicted molar refractivity (Wildman–Crippen MR) is 85.9 cm³/mol. The maximum absolute atomic E-state index is 5.52. The molecule has 0 aliphatic carbocycles. The molecule has 0 aliphatic heterocycles. The summed E-state index contributed by atoms with van der Waals surface area (Å²) in [5.74, 6) is 0. The lowest BCUT2D eigenvalue weighted by atomic mass is 10.2. The molecule has 0 amide bonds. The Labute approximate surface area is 128 Å². The van der Waals surface area contributed by atoms with Gasteiger partial charge in [-0.2, -0.15) is 5.10 Å². The monoisotopic (exact) mass is 301 g/mol. The highest BCUT2D eigenvalue weighted by molar-refractivity contribution is 7.71. The molecule has 0 saturated heterocycles. The first-order chi connectivity index (χ1) is 10.1. The molecule has 1 N–H and O–H groups in total. The van der Waals surface area contributed by atoms with E-state index in [9.17, 15) is 0 Å². The van der Waals surface area contributed by atoms with Crippen LogP contribution in [0.1, 0.15) is 37.7 Å². The number of fused-ring (bicyclic) bond motifs is 1. The molecule has 1 unspecified atom stereocenters. The van der Waals surface area contributed by atoms with Gasteiger partial charge in [0.25, 0.3) is 0 Å². The molecule has 0 saturated carbocycles. The Morgan fingerprint density at radius 3 is 2.86 bits per heavy atom. The van der Waals surface area contributed by atoms with Crippen LogP contribution in [0.25, 0.3) is 11.2 Å². The van der Waals surface area contributed by atoms with Crippen LogP contribution in [0.15, 0.2) is 24.4 Å². The van der Waals surface area contributed by atoms with Crippen molar-refractivity contribution in [2.24, 2.45) is 7.05 Å². The van der Waals surface area contributed by atoms with E-state index in [1.54, 1.807) is 0 Å². The highest BCUT2D eigenvalue weighted by Crippen LogP contribution is 2.25. The third-order valence-corrected chi connectivity index (χ3v) is 4.06. The summed E-state index contributed by atoms with van der Waals surface area (Å²) in [6.07, 6.45) is 3.82. The molecule has 3 aromatic rings. The largest absolute Gasteiger partial charge is 0.328 e. The Morgan fingerprint density at radius 2 is 2.19 bits per heavy atom. The Hall–Kier alpha value is -1.95. The van der Waals surface area contributed by atoms with E-state index >= 15 is 0 Å². The Kier molecular flexibility index (Phi) is 3.63. The molecule has 3 aromatic heterocycles. The molecule has 21 heavy (non-hydrogen) atoms. The molecular weight excluding hydrogens is 282 g/mol. The van der Waals surface area contributed by atoms with E-state index in [4.69, 9.17) is 12.2 Å². The topological polar surface area (TPSA) is 51.4 Å². The number of H-pyrrole nitrogens is 1. The van der Waals surface area contributed by atoms with Crippen molar-refractivity contribution < 1.29 is 0 Å². The van der Waals surface area contributed by atoms with Gasteiger partial charge in [-0.15, -0.1) is 0 Å². The van der Waals surface area contributed by atoms with E-state index in [1.807, 2.05) is 36.1 Å². The molecule has 1 atom stereocenters. The van der Waals surface area contributed by atoms with Crippen LogP contribution in [0.2, 0.25) is 0 Å². The minimum Gasteiger partial charge on any atom is -0.328 e. The van der Waals surface area contributed by atoms with Gasteiger partial charge in [-0.1, -0.05) is 19.4 Å². The second-order valence-electron chi connectivity index (χ2n) is 5.25. The molecular formula is C15H19N5S. The molecule has 0 aliphatic rings. The van der Waals surface area contributed by atoms with Crippen molar-refractivity contribution in [1.29, 1.82) is 0 Å². The van der Waals surface area contributed by atoms with Crippen molar-refractivity contribution in [3.05, 3.63) is 40.6 Å². The van der Waals surface area contributed by atoms with Gasteiger partial charge >= 0.3 is 0 Å². The second-order valence-corrected chi connectivity index (χ2v) is 5.64. The summed E-state index contributed by atoms with van der Waals surface area (Å²) in [6.45, 7) is 4.26. The summed E-state index contributed by atoms with van der Waals surface area (Å²) in [7, 11) is 1.96. The fourth-order valence-corrected chi connectivity index (χ4v) is 3.11. The number of aryl methyl sites for hydroxylation is 2. The number of hydrogen-bond acceptors (Lipinski definition) is 3. The molecule has 0 fully saturated rings. The maximum Gasteiger partial charge on any atom is 0.179 e. The molecule has 3 heterocycles. The average Bonchev–Trinajstić information content (AvgIpc) is 2.97. The van der Waals surface area contributed by atoms with Crippen LogP contribution in [0.3, 0.4) is 0 Å². The van der Waals surface area contributed by atoms with Crippen LogP contribution in [-0.2, 0) is 13.5 Å². The fraction of sp³-hybridized carbons (Fsp3) is 0.400. The molecule has 5 nitrogen and oxygen atoms in total. The van der Waals surface area contributed by atoms with E-state index in [1.165, 1.54) is 0 Å². The normalized spacial score (nSPS) is 12.9. The van der Waals surface area contributed by atoms with Crippen LogP contribution in [0, 0.1) is 4.77 Å². The smallest absolute Gasteiger partial charge is 0.179 e. The average molecular weight is 301 g/mol. The van der Waals surface area contributed by atoms with Crippen LogP contribution in [0.5, 0.6) is 0 Å². The van der Waals surface area contributed by atoms with Gasteiger partial charge < -0.3 is 4.98 Å². The molecule has 0 spiro atoms. The van der Waals surface area contributed by atoms with E-state index in [0.29, 0.717) is 4.77 Å². The minimum atomic E-state index is 0.0670. The standard InChI is InChI=1S/C15H19N5S/c1-4-7-12-13-14(19(3)18-12)20(15(21)17-13)10(2)11-8-5-6-9-16-11/h5-6,8-10H,4,7H2,1-3H3,(H,17,21). The van der Waals surface area contributed by atoms with Gasteiger partial charge in [0.05, 0.1) is 17.4 Å². The van der Waals surface area contributed by atoms with Gasteiger partial charge in [-0.05, 0) is 37.7 Å². The molecule has 110 valence electrons. The number of aromatic nitrogens is 5. The van der Waals surface area contributed by atoms with E-state index in [-0.39, 0.29) is 6.04 Å². The zero-order valence-electron chi connectivity index (χ0n) is 12.5. The first-order valence-corrected chi connectivity index (χ1v) is 7.61. The lowest BCUT2D eigenvalue weighted by Gasteiger charge is -2.13. The zero-order valence-corrected chi connectivity index (χ0v) is 13.3. The van der Waals surface area contributed by atoms with Gasteiger partial charge in [0.15, 0.2) is 10.4 Å². The molecule has 0 radical (unpaired) electrons. The number of hydrogen-bond donors (Lipinski definition) is 1. The predicted octanol–water partition coefficient (Wildman–Crippen LogP) is 3.39. The highest BCUT2D eigenvalue weighted by atomic mass is 32.1. The van der Waals surface area contributed by atoms with Gasteiger partial charge in [0.1, 0.15) is 5.52 Å². The van der Waals surface area contributed by atoms with E-state index in [2.05, 4.69) is 33.5 Å². The third-order valence-electron chi connectivity index (χ3n) is 3.76. The van der Waals surface area contributed by atoms with Crippen LogP contribution < -0.4 is 0 Å². The Balaban J connectivity index is 2.19. The van der Waals surface area contributed by atoms with Crippen LogP contribution in [-0.4, -0.2) is 24.3 Å². The van der Waals surface area contributed by atoms with Gasteiger partial charge in [0, 0.05) is 13.2 Å². The molecule has 0 bridgehead atoms. The van der Waals surface area contributed by atoms with Crippen molar-refractivity contribution in [3.63, 3.8) is 0 Å². The van der Waals surface area contributed by atoms with Crippen molar-refractivity contribution in [2.75, 3.05) is 0 Å². The third kappa shape index (κ3) is 2.29. The molecule has 3 rings (SSSR count). The van der Waals surface area contributed by atoms with Crippen molar-refractivity contribution in [3.8, 4) is 0 Å². The van der Waals surface area contributed by atoms with Crippen molar-refractivity contribution >= 4 is 23.4 Å². The number of rotatable bonds is 4. The summed E-state index contributed by atoms with van der Waals surface area (Å²) in [5, 5.41) is 4.62. The Bertz CT molecular complexity index is 812. The van der Waals surface area contributed by atoms with E-state index < -0.39 is 0 Å². The lowest BCUT2D eigenvalue weighted by Crippen LogP contribution is -2.11. The first-order valence-electron chi connectivity index (χ1n) is 7.20. The lowest BCUT2D eigenvalue weighted by molar-refractivity contribution is 0.604. The molecule has 0 aromatic carbocycles. The fourth-order valence-electron chi connectivity index (χ4n) is 2.76. The summed E-state index contributed by atoms with van der Waals surface area (Å²) in [4.78, 5) is 7.76. The first kappa shape index (κ1) is 14.0. The number of nitrogens with one attached hydrogen (secondary N) is 1. The van der Waals surface area contributed by atoms with Gasteiger partial charge in [-0.25, -0.2) is 0 Å². The zero-order chi connectivity index (χ0) is 15.0. The number of aromatic amines is 1. The summed E-state index contributed by atoms with van der Waals surface area (Å²) >= 11 is 5.52. The van der Waals surface area contributed by atoms with Crippen LogP contribution >= 0.6 is 12.2 Å². The molecule has 6 heteroatoms. The van der Waals surface area contributed by atoms with Gasteiger partial charge in [-0.3, -0.25) is 14.2 Å². The van der Waals surface area contributed by atoms with Crippen LogP contribution in [0.4, 0.5) is 0 Å². The maximum atomic E-state index is 5.52. The summed E-state index contributed by atoms with van der Waals surface area (Å²) in [6, 6.07) is 6.01. The quantitative estimate of drug-likeness (QED) is 0.752. The SMILES string of the molecule is CCCc1nn(C)c2c1[nH]c(=S)n2C(C)c1ccccn1. The second kappa shape index (κ2) is 5.44. The van der Waals surface area contributed by atoms with Gasteiger partial charge in [0.2, 0.25) is 0 Å². The minimum absolute atomic E-state index is 0.0670. The Morgan fingerprint density at radius 1 is 1.38 bits per heavy atom. The number of nitrogens with zero attached hydrogens (tertiary/aromatic N) is 4. The van der Waals surface area contributed by atoms with Crippen molar-refractivity contribution in [2.45, 2.75) is 32.7 Å². The van der Waals surface area contributed by atoms with Crippen molar-refractivity contribution in [1.82, 2.24) is 24.3 Å². The summed E-state index contributed by atoms with van der Waals surface area (Å²) in [5.41, 5.74) is 4.15. The summed E-state index contributed by atoms with van der Waals surface area (Å²) < 4.78 is 4.72.